The number of hydrogen-bond acceptors (Lipinski definition) is 11. The van der Waals surface area contributed by atoms with Crippen molar-refractivity contribution in [3.63, 3.8) is 0 Å². The third kappa shape index (κ3) is 10.9. The van der Waals surface area contributed by atoms with Crippen LogP contribution in [0.1, 0.15) is 5.69 Å². The summed E-state index contributed by atoms with van der Waals surface area (Å²) < 4.78 is 65.0. The van der Waals surface area contributed by atoms with Gasteiger partial charge in [0.05, 0.1) is 77.9 Å². The highest BCUT2D eigenvalue weighted by Gasteiger charge is 2.39. The summed E-state index contributed by atoms with van der Waals surface area (Å²) in [7, 11) is 0. The van der Waals surface area contributed by atoms with Crippen LogP contribution in [0.2, 0.25) is 0 Å². The lowest BCUT2D eigenvalue weighted by atomic mass is 9.98. The van der Waals surface area contributed by atoms with Crippen LogP contribution in [0.4, 0.5) is 19.0 Å². The minimum absolute atomic E-state index is 0.0125. The van der Waals surface area contributed by atoms with Crippen molar-refractivity contribution in [1.82, 2.24) is 9.97 Å². The van der Waals surface area contributed by atoms with E-state index in [4.69, 9.17) is 29.2 Å². The molecule has 1 aromatic rings. The van der Waals surface area contributed by atoms with Gasteiger partial charge in [-0.3, -0.25) is 4.98 Å². The van der Waals surface area contributed by atoms with E-state index in [-0.39, 0.29) is 38.8 Å². The zero-order valence-corrected chi connectivity index (χ0v) is 18.8. The van der Waals surface area contributed by atoms with Crippen molar-refractivity contribution < 1.29 is 47.1 Å². The standard InChI is InChI=1S/C19H29F3N6O7/c20-19(21,22)15-9-24-10-16(27-15)26-13-11-35-14(18(30)17(13)29)12-34-8-7-33-6-5-32-4-3-31-2-1-25-28-23/h9-10,13-14,17-18,29-30H,1-8,11-12H2,(H,26,27)/t13-,14+,17+,18-/m0/s1. The topological polar surface area (TPSA) is 173 Å². The van der Waals surface area contributed by atoms with E-state index in [1.165, 1.54) is 0 Å². The molecule has 1 aromatic heterocycles. The second-order valence-corrected chi connectivity index (χ2v) is 7.26. The molecule has 0 unspecified atom stereocenters. The molecule has 0 spiro atoms. The quantitative estimate of drug-likeness (QED) is 0.125. The molecule has 13 nitrogen and oxygen atoms in total. The van der Waals surface area contributed by atoms with E-state index in [1.54, 1.807) is 0 Å². The first kappa shape index (κ1) is 28.9. The molecule has 1 fully saturated rings. The molecule has 35 heavy (non-hydrogen) atoms. The zero-order valence-electron chi connectivity index (χ0n) is 18.8. The van der Waals surface area contributed by atoms with Gasteiger partial charge in [-0.15, -0.1) is 0 Å². The fraction of sp³-hybridized carbons (Fsp3) is 0.789. The summed E-state index contributed by atoms with van der Waals surface area (Å²) in [6.07, 6.45) is -6.47. The summed E-state index contributed by atoms with van der Waals surface area (Å²) in [6.45, 7) is 2.45. The number of azide groups is 1. The van der Waals surface area contributed by atoms with Gasteiger partial charge < -0.3 is 39.2 Å². The SMILES string of the molecule is [N-]=[N+]=NCCOCCOCCOCCOC[C@H]1OC[C@H](Nc2cncc(C(F)(F)F)n2)[C@@H](O)[C@H]1O. The molecule has 0 bridgehead atoms. The number of nitrogens with zero attached hydrogens (tertiary/aromatic N) is 5. The molecule has 3 N–H and O–H groups in total. The molecule has 1 aliphatic heterocycles. The monoisotopic (exact) mass is 510 g/mol. The molecule has 0 saturated carbocycles. The molecule has 1 aliphatic rings. The summed E-state index contributed by atoms with van der Waals surface area (Å²) in [4.78, 5) is 9.52. The highest BCUT2D eigenvalue weighted by Crippen LogP contribution is 2.28. The molecule has 0 radical (unpaired) electrons. The molecule has 2 heterocycles. The van der Waals surface area contributed by atoms with Gasteiger partial charge in [0, 0.05) is 11.5 Å². The number of nitrogens with one attached hydrogen (secondary N) is 1. The smallest absolute Gasteiger partial charge is 0.388 e. The third-order valence-electron chi connectivity index (χ3n) is 4.69. The van der Waals surface area contributed by atoms with E-state index >= 15 is 0 Å². The molecule has 0 aromatic carbocycles. The van der Waals surface area contributed by atoms with Crippen molar-refractivity contribution in [2.24, 2.45) is 5.11 Å². The maximum atomic E-state index is 12.8. The molecule has 2 rings (SSSR count). The van der Waals surface area contributed by atoms with Crippen LogP contribution in [0.3, 0.4) is 0 Å². The number of aromatic nitrogens is 2. The van der Waals surface area contributed by atoms with E-state index in [0.29, 0.717) is 39.2 Å². The van der Waals surface area contributed by atoms with Crippen molar-refractivity contribution in [3.05, 3.63) is 28.5 Å². The molecule has 0 aliphatic carbocycles. The Morgan fingerprint density at radius 1 is 1.03 bits per heavy atom. The Hall–Kier alpha value is -2.30. The van der Waals surface area contributed by atoms with Gasteiger partial charge in [-0.1, -0.05) is 5.11 Å². The van der Waals surface area contributed by atoms with Crippen LogP contribution in [-0.4, -0.2) is 111 Å². The predicted molar refractivity (Wildman–Crippen MR) is 113 cm³/mol. The Labute approximate surface area is 199 Å². The number of halogens is 3. The summed E-state index contributed by atoms with van der Waals surface area (Å²) >= 11 is 0. The van der Waals surface area contributed by atoms with E-state index in [2.05, 4.69) is 25.3 Å². The van der Waals surface area contributed by atoms with Crippen molar-refractivity contribution in [1.29, 1.82) is 0 Å². The predicted octanol–water partition coefficient (Wildman–Crippen LogP) is 0.773. The number of anilines is 1. The molecule has 0 amide bonds. The van der Waals surface area contributed by atoms with E-state index < -0.39 is 36.2 Å². The van der Waals surface area contributed by atoms with Crippen LogP contribution in [0.15, 0.2) is 17.5 Å². The maximum absolute atomic E-state index is 12.8. The third-order valence-corrected chi connectivity index (χ3v) is 4.69. The summed E-state index contributed by atoms with van der Waals surface area (Å²) in [5, 5.41) is 26.6. The van der Waals surface area contributed by atoms with Crippen LogP contribution >= 0.6 is 0 Å². The van der Waals surface area contributed by atoms with Crippen LogP contribution in [0, 0.1) is 0 Å². The molecular weight excluding hydrogens is 481 g/mol. The molecule has 16 heteroatoms. The average Bonchev–Trinajstić information content (AvgIpc) is 2.83. The number of ether oxygens (including phenoxy) is 5. The lowest BCUT2D eigenvalue weighted by Crippen LogP contribution is -2.57. The minimum Gasteiger partial charge on any atom is -0.388 e. The van der Waals surface area contributed by atoms with Crippen LogP contribution in [-0.2, 0) is 29.9 Å². The van der Waals surface area contributed by atoms with Crippen molar-refractivity contribution >= 4 is 5.82 Å². The highest BCUT2D eigenvalue weighted by molar-refractivity contribution is 5.34. The van der Waals surface area contributed by atoms with E-state index in [9.17, 15) is 23.4 Å². The Bertz CT molecular complexity index is 788. The maximum Gasteiger partial charge on any atom is 0.434 e. The van der Waals surface area contributed by atoms with Crippen molar-refractivity contribution in [2.45, 2.75) is 30.5 Å². The Balaban J connectivity index is 1.55. The van der Waals surface area contributed by atoms with Crippen LogP contribution in [0.25, 0.3) is 10.4 Å². The largest absolute Gasteiger partial charge is 0.434 e. The first-order valence-electron chi connectivity index (χ1n) is 10.8. The number of hydrogen-bond donors (Lipinski definition) is 3. The Morgan fingerprint density at radius 3 is 2.29 bits per heavy atom. The van der Waals surface area contributed by atoms with Crippen LogP contribution < -0.4 is 5.32 Å². The summed E-state index contributed by atoms with van der Waals surface area (Å²) in [5.41, 5.74) is 6.93. The number of aliphatic hydroxyl groups excluding tert-OH is 2. The fourth-order valence-corrected chi connectivity index (χ4v) is 2.93. The molecule has 4 atom stereocenters. The fourth-order valence-electron chi connectivity index (χ4n) is 2.93. The van der Waals surface area contributed by atoms with Gasteiger partial charge in [-0.25, -0.2) is 4.98 Å². The highest BCUT2D eigenvalue weighted by atomic mass is 19.4. The lowest BCUT2D eigenvalue weighted by Gasteiger charge is -2.38. The first-order valence-corrected chi connectivity index (χ1v) is 10.8. The number of alkyl halides is 3. The van der Waals surface area contributed by atoms with Gasteiger partial charge in [-0.05, 0) is 5.53 Å². The zero-order chi connectivity index (χ0) is 25.5. The van der Waals surface area contributed by atoms with Crippen LogP contribution in [0.5, 0.6) is 0 Å². The van der Waals surface area contributed by atoms with Gasteiger partial charge in [0.25, 0.3) is 0 Å². The normalized spacial score (nSPS) is 22.5. The summed E-state index contributed by atoms with van der Waals surface area (Å²) in [6, 6.07) is -0.890. The van der Waals surface area contributed by atoms with Gasteiger partial charge in [0.2, 0.25) is 0 Å². The second kappa shape index (κ2) is 15.6. The Kier molecular flexibility index (Phi) is 12.9. The second-order valence-electron chi connectivity index (χ2n) is 7.26. The molecule has 198 valence electrons. The van der Waals surface area contributed by atoms with Gasteiger partial charge in [0.1, 0.15) is 24.1 Å². The van der Waals surface area contributed by atoms with Gasteiger partial charge in [0.15, 0.2) is 5.69 Å². The van der Waals surface area contributed by atoms with Crippen molar-refractivity contribution in [2.75, 3.05) is 71.3 Å². The van der Waals surface area contributed by atoms with E-state index in [0.717, 1.165) is 6.20 Å². The average molecular weight is 510 g/mol. The Morgan fingerprint density at radius 2 is 1.66 bits per heavy atom. The van der Waals surface area contributed by atoms with E-state index in [1.807, 2.05) is 0 Å². The molecular formula is C19H29F3N6O7. The lowest BCUT2D eigenvalue weighted by molar-refractivity contribution is -0.161. The number of aliphatic hydroxyl groups is 2. The number of rotatable bonds is 16. The minimum atomic E-state index is -4.66. The first-order chi connectivity index (χ1) is 16.8. The van der Waals surface area contributed by atoms with Crippen molar-refractivity contribution in [3.8, 4) is 0 Å². The van der Waals surface area contributed by atoms with Gasteiger partial charge >= 0.3 is 6.18 Å². The van der Waals surface area contributed by atoms with Gasteiger partial charge in [-0.2, -0.15) is 13.2 Å². The molecule has 1 saturated heterocycles. The summed E-state index contributed by atoms with van der Waals surface area (Å²) in [5.74, 6) is -0.201.